The van der Waals surface area contributed by atoms with Crippen LogP contribution in [-0.4, -0.2) is 71.9 Å². The third kappa shape index (κ3) is 14.8. The normalized spacial score (nSPS) is 44.5. The molecule has 20 bridgehead atoms. The monoisotopic (exact) mass is 1210 g/mol. The Hall–Kier alpha value is -3.18. The highest BCUT2D eigenvalue weighted by molar-refractivity contribution is 5.78. The maximum Gasteiger partial charge on any atom is 0.312 e. The molecule has 0 N–H and O–H groups in total. The molecule has 494 valence electrons. The molecule has 18 atom stereocenters. The van der Waals surface area contributed by atoms with Crippen LogP contribution in [0.15, 0.2) is 0 Å². The molecule has 0 spiro atoms. The summed E-state index contributed by atoms with van der Waals surface area (Å²) in [6.45, 7) is 43.9. The lowest BCUT2D eigenvalue weighted by atomic mass is 9.60. The zero-order valence-electron chi connectivity index (χ0n) is 58.4. The van der Waals surface area contributed by atoms with Crippen LogP contribution in [0.4, 0.5) is 0 Å². The van der Waals surface area contributed by atoms with Crippen molar-refractivity contribution >= 4 is 35.8 Å². The fraction of sp³-hybridized carbons (Fsp3) is 0.919. The van der Waals surface area contributed by atoms with Gasteiger partial charge in [-0.1, -0.05) is 132 Å². The third-order valence-electron chi connectivity index (χ3n) is 23.9. The quantitative estimate of drug-likeness (QED) is 0.167. The summed E-state index contributed by atoms with van der Waals surface area (Å²) in [6.07, 6.45) is 26.3. The number of hydrogen-bond acceptors (Lipinski definition) is 12. The summed E-state index contributed by atoms with van der Waals surface area (Å²) in [5.74, 6) is 8.17. The molecule has 11 saturated carbocycles. The maximum atomic E-state index is 11.8. The molecule has 10 aliphatic heterocycles. The summed E-state index contributed by atoms with van der Waals surface area (Å²) in [7, 11) is 0. The predicted molar refractivity (Wildman–Crippen MR) is 340 cm³/mol. The van der Waals surface area contributed by atoms with Crippen molar-refractivity contribution in [1.82, 2.24) is 0 Å². The summed E-state index contributed by atoms with van der Waals surface area (Å²) in [5, 5.41) is 0. The summed E-state index contributed by atoms with van der Waals surface area (Å²) >= 11 is 0. The van der Waals surface area contributed by atoms with Crippen molar-refractivity contribution in [2.45, 2.75) is 323 Å². The van der Waals surface area contributed by atoms with Crippen molar-refractivity contribution in [1.29, 1.82) is 0 Å². The van der Waals surface area contributed by atoms with Crippen molar-refractivity contribution in [3.8, 4) is 0 Å². The average Bonchev–Trinajstić information content (AvgIpc) is 1.62. The minimum atomic E-state index is -0.126. The Morgan fingerprint density at radius 3 is 1.43 bits per heavy atom. The first-order chi connectivity index (χ1) is 40.7. The second kappa shape index (κ2) is 29.0. The van der Waals surface area contributed by atoms with Gasteiger partial charge in [0.05, 0.1) is 35.0 Å². The number of carbonyl (C=O) groups excluding carboxylic acids is 6. The summed E-state index contributed by atoms with van der Waals surface area (Å²) in [6, 6.07) is 0. The van der Waals surface area contributed by atoms with Crippen LogP contribution < -0.4 is 0 Å². The number of carbonyl (C=O) groups is 6. The molecule has 0 radical (unpaired) electrons. The van der Waals surface area contributed by atoms with Gasteiger partial charge in [0.1, 0.15) is 36.1 Å². The van der Waals surface area contributed by atoms with Crippen molar-refractivity contribution < 1.29 is 57.2 Å². The van der Waals surface area contributed by atoms with Crippen LogP contribution in [0, 0.1) is 110 Å². The van der Waals surface area contributed by atoms with E-state index in [4.69, 9.17) is 28.4 Å². The summed E-state index contributed by atoms with van der Waals surface area (Å²) in [4.78, 5) is 68.8. The van der Waals surface area contributed by atoms with E-state index in [1.807, 2.05) is 83.1 Å². The van der Waals surface area contributed by atoms with E-state index < -0.39 is 0 Å². The van der Waals surface area contributed by atoms with Gasteiger partial charge in [0, 0.05) is 22.2 Å². The van der Waals surface area contributed by atoms with Gasteiger partial charge < -0.3 is 28.4 Å². The second-order valence-corrected chi connectivity index (χ2v) is 31.0. The van der Waals surface area contributed by atoms with Crippen LogP contribution in [0.5, 0.6) is 0 Å². The smallest absolute Gasteiger partial charge is 0.312 e. The fourth-order valence-corrected chi connectivity index (χ4v) is 20.6. The number of hydrogen-bond donors (Lipinski definition) is 0. The molecular weight excluding hydrogens is 1080 g/mol. The van der Waals surface area contributed by atoms with Crippen molar-refractivity contribution in [2.75, 3.05) is 0 Å². The summed E-state index contributed by atoms with van der Waals surface area (Å²) < 4.78 is 32.6. The molecule has 12 heteroatoms. The van der Waals surface area contributed by atoms with Gasteiger partial charge in [0.25, 0.3) is 0 Å². The van der Waals surface area contributed by atoms with Crippen molar-refractivity contribution in [3.05, 3.63) is 0 Å². The zero-order valence-corrected chi connectivity index (χ0v) is 58.4. The Balaban J connectivity index is 0.000000159. The number of esters is 6. The van der Waals surface area contributed by atoms with E-state index in [0.717, 1.165) is 145 Å². The van der Waals surface area contributed by atoms with Gasteiger partial charge in [-0.05, 0) is 208 Å². The molecule has 10 heterocycles. The van der Waals surface area contributed by atoms with Crippen LogP contribution in [0.2, 0.25) is 0 Å². The van der Waals surface area contributed by atoms with Gasteiger partial charge in [-0.25, -0.2) is 0 Å². The topological polar surface area (TPSA) is 158 Å². The molecule has 0 aromatic carbocycles. The Bertz CT molecular complexity index is 2250. The van der Waals surface area contributed by atoms with E-state index in [2.05, 4.69) is 62.3 Å². The predicted octanol–water partition coefficient (Wildman–Crippen LogP) is 17.5. The van der Waals surface area contributed by atoms with Gasteiger partial charge >= 0.3 is 35.8 Å². The summed E-state index contributed by atoms with van der Waals surface area (Å²) in [5.41, 5.74) is 0.939. The van der Waals surface area contributed by atoms with Crippen LogP contribution in [0.3, 0.4) is 0 Å². The minimum absolute atomic E-state index is 0.0422. The first-order valence-electron chi connectivity index (χ1n) is 36.0. The first kappa shape index (κ1) is 71.9. The lowest BCUT2D eigenvalue weighted by Crippen LogP contribution is -2.51. The third-order valence-corrected chi connectivity index (χ3v) is 23.9. The minimum Gasteiger partial charge on any atom is -0.462 e. The molecule has 0 aromatic heterocycles. The van der Waals surface area contributed by atoms with E-state index >= 15 is 0 Å². The maximum absolute atomic E-state index is 11.8. The lowest BCUT2D eigenvalue weighted by Gasteiger charge is -2.46. The van der Waals surface area contributed by atoms with Gasteiger partial charge in [0.2, 0.25) is 0 Å². The number of rotatable bonds is 0. The molecule has 0 amide bonds. The highest BCUT2D eigenvalue weighted by Crippen LogP contribution is 2.64. The van der Waals surface area contributed by atoms with Gasteiger partial charge in [-0.15, -0.1) is 0 Å². The molecule has 11 aliphatic carbocycles. The fourth-order valence-electron chi connectivity index (χ4n) is 20.6. The number of ether oxygens (including phenoxy) is 6. The Morgan fingerprint density at radius 1 is 0.384 bits per heavy atom. The molecule has 18 unspecified atom stereocenters. The van der Waals surface area contributed by atoms with Crippen LogP contribution >= 0.6 is 0 Å². The Morgan fingerprint density at radius 2 is 0.907 bits per heavy atom. The molecule has 12 nitrogen and oxygen atoms in total. The molecule has 10 saturated heterocycles. The first-order valence-corrected chi connectivity index (χ1v) is 36.0. The zero-order chi connectivity index (χ0) is 64.2. The van der Waals surface area contributed by atoms with E-state index in [1.54, 1.807) is 0 Å². The highest BCUT2D eigenvalue weighted by atomic mass is 16.6. The highest BCUT2D eigenvalue weighted by Gasteiger charge is 2.66. The van der Waals surface area contributed by atoms with E-state index in [0.29, 0.717) is 23.2 Å². The average molecular weight is 1210 g/mol. The molecule has 21 rings (SSSR count). The second-order valence-electron chi connectivity index (χ2n) is 31.0. The largest absolute Gasteiger partial charge is 0.462 e. The van der Waals surface area contributed by atoms with E-state index in [1.165, 1.54) is 32.1 Å². The molecule has 21 aliphatic rings. The molecular formula is C74H126O12. The standard InChI is InChI=1S/3C11H16O2.2C10H14O2.C9H14O2.6C2H6/c1-11-5-7-2-8(6-11)4-9(3-7)13-10(11)12;1-11-5-7-2-8(6-11)4-9(3-7)10(12)13-11;1-11-4-7-2-8(5-11)10(12)13-9(3-7)6-11;1-10(2)5-3-6-7(4-5)9(11)12-8(6)10;1-10(2)7-4-5-3-6(7)9(11)12-8(5)10;1-9(2)4-3-6-5-7(9)11-8(6)10;6*1-2/h3*7-9H,2-6H2,1H3;2*5-8H,3-4H2,1-2H3;6-7H,3-5H2,1-2H3;6*1-2H3. The number of fused-ring (bicyclic) bond motifs is 7. The Labute approximate surface area is 523 Å². The van der Waals surface area contributed by atoms with Crippen molar-refractivity contribution in [3.63, 3.8) is 0 Å². The van der Waals surface area contributed by atoms with Gasteiger partial charge in [-0.2, -0.15) is 0 Å². The van der Waals surface area contributed by atoms with Gasteiger partial charge in [-0.3, -0.25) is 28.8 Å². The van der Waals surface area contributed by atoms with Crippen LogP contribution in [0.1, 0.15) is 287 Å². The molecule has 21 fully saturated rings. The van der Waals surface area contributed by atoms with Gasteiger partial charge in [0.15, 0.2) is 0 Å². The Kier molecular flexibility index (Phi) is 24.2. The molecule has 86 heavy (non-hydrogen) atoms. The SMILES string of the molecule is CC.CC.CC.CC.CC.CC.CC1(C)C2CC3C(=O)OC1C3C2.CC1(C)C2CC3CC2C(=O)OC31.CC1(C)CCC2CC1OC2=O.CC12CC3CC(C1)OC(=O)C(C3)C2.CC12CC3CC(CC(C3)C(=O)O1)C2.CC12CC3CC(CC(C3)OC1=O)C2. The van der Waals surface area contributed by atoms with Crippen molar-refractivity contribution in [2.24, 2.45) is 110 Å². The van der Waals surface area contributed by atoms with Crippen LogP contribution in [-0.2, 0) is 57.2 Å². The molecule has 0 aromatic rings. The van der Waals surface area contributed by atoms with Crippen LogP contribution in [0.25, 0.3) is 0 Å². The lowest BCUT2D eigenvalue weighted by molar-refractivity contribution is -0.187. The van der Waals surface area contributed by atoms with E-state index in [-0.39, 0.29) is 123 Å². The van der Waals surface area contributed by atoms with E-state index in [9.17, 15) is 28.8 Å².